The van der Waals surface area contributed by atoms with Gasteiger partial charge in [-0.15, -0.1) is 24.0 Å². The van der Waals surface area contributed by atoms with Crippen LogP contribution in [0.15, 0.2) is 29.3 Å². The first-order valence-corrected chi connectivity index (χ1v) is 10.7. The molecule has 1 aromatic carbocycles. The highest BCUT2D eigenvalue weighted by molar-refractivity contribution is 14.0. The topological polar surface area (TPSA) is 75.1 Å². The van der Waals surface area contributed by atoms with Gasteiger partial charge in [0.2, 0.25) is 0 Å². The van der Waals surface area contributed by atoms with Gasteiger partial charge >= 0.3 is 0 Å². The minimum Gasteiger partial charge on any atom is -0.491 e. The predicted octanol–water partition coefficient (Wildman–Crippen LogP) is 4.03. The zero-order valence-corrected chi connectivity index (χ0v) is 20.4. The Balaban J connectivity index is 0.00000420. The van der Waals surface area contributed by atoms with Crippen molar-refractivity contribution in [3.05, 3.63) is 29.8 Å². The van der Waals surface area contributed by atoms with E-state index >= 15 is 0 Å². The SMILES string of the molecule is CCNC(=NCC(O)c1cccc(OC(C)C)c1)NCCCOC1CCCC1.I. The minimum atomic E-state index is -0.670. The number of aliphatic hydroxyl groups is 1. The molecule has 0 radical (unpaired) electrons. The van der Waals surface area contributed by atoms with Gasteiger partial charge in [0.15, 0.2) is 5.96 Å². The molecule has 1 atom stereocenters. The van der Waals surface area contributed by atoms with Gasteiger partial charge in [-0.25, -0.2) is 0 Å². The molecule has 7 heteroatoms. The van der Waals surface area contributed by atoms with Crippen molar-refractivity contribution >= 4 is 29.9 Å². The summed E-state index contributed by atoms with van der Waals surface area (Å²) in [6.07, 6.45) is 5.86. The number of nitrogens with zero attached hydrogens (tertiary/aromatic N) is 1. The van der Waals surface area contributed by atoms with E-state index in [-0.39, 0.29) is 30.1 Å². The third-order valence-corrected chi connectivity index (χ3v) is 4.65. The summed E-state index contributed by atoms with van der Waals surface area (Å²) >= 11 is 0. The Labute approximate surface area is 192 Å². The molecule has 1 fully saturated rings. The maximum absolute atomic E-state index is 10.5. The van der Waals surface area contributed by atoms with Crippen molar-refractivity contribution in [2.24, 2.45) is 4.99 Å². The van der Waals surface area contributed by atoms with Crippen LogP contribution in [0.2, 0.25) is 0 Å². The van der Waals surface area contributed by atoms with Gasteiger partial charge in [0.25, 0.3) is 0 Å². The van der Waals surface area contributed by atoms with Crippen molar-refractivity contribution < 1.29 is 14.6 Å². The summed E-state index contributed by atoms with van der Waals surface area (Å²) in [4.78, 5) is 4.52. The largest absolute Gasteiger partial charge is 0.491 e. The lowest BCUT2D eigenvalue weighted by atomic mass is 10.1. The number of hydrogen-bond donors (Lipinski definition) is 3. The van der Waals surface area contributed by atoms with Crippen LogP contribution in [0.5, 0.6) is 5.75 Å². The summed E-state index contributed by atoms with van der Waals surface area (Å²) < 4.78 is 11.6. The van der Waals surface area contributed by atoms with Gasteiger partial charge in [0.05, 0.1) is 24.9 Å². The van der Waals surface area contributed by atoms with Gasteiger partial charge < -0.3 is 25.2 Å². The van der Waals surface area contributed by atoms with E-state index in [2.05, 4.69) is 15.6 Å². The Morgan fingerprint density at radius 2 is 2.00 bits per heavy atom. The Morgan fingerprint density at radius 1 is 1.24 bits per heavy atom. The summed E-state index contributed by atoms with van der Waals surface area (Å²) in [6.45, 7) is 8.65. The molecular weight excluding hydrogens is 481 g/mol. The van der Waals surface area contributed by atoms with Crippen molar-refractivity contribution in [2.45, 2.75) is 71.2 Å². The average Bonchev–Trinajstić information content (AvgIpc) is 3.18. The van der Waals surface area contributed by atoms with Gasteiger partial charge in [-0.1, -0.05) is 25.0 Å². The molecule has 0 heterocycles. The summed E-state index contributed by atoms with van der Waals surface area (Å²) in [5, 5.41) is 17.0. The van der Waals surface area contributed by atoms with E-state index < -0.39 is 6.10 Å². The lowest BCUT2D eigenvalue weighted by Crippen LogP contribution is -2.38. The number of nitrogens with one attached hydrogen (secondary N) is 2. The van der Waals surface area contributed by atoms with Crippen LogP contribution in [0.25, 0.3) is 0 Å². The first-order chi connectivity index (χ1) is 13.6. The monoisotopic (exact) mass is 519 g/mol. The quantitative estimate of drug-likeness (QED) is 0.178. The third-order valence-electron chi connectivity index (χ3n) is 4.65. The third kappa shape index (κ3) is 10.5. The molecule has 2 rings (SSSR count). The van der Waals surface area contributed by atoms with Crippen LogP contribution < -0.4 is 15.4 Å². The second-order valence-corrected chi connectivity index (χ2v) is 7.53. The number of hydrogen-bond acceptors (Lipinski definition) is 4. The van der Waals surface area contributed by atoms with Crippen LogP contribution in [0.1, 0.15) is 64.5 Å². The Kier molecular flexibility index (Phi) is 13.3. The molecule has 0 bridgehead atoms. The predicted molar refractivity (Wildman–Crippen MR) is 129 cm³/mol. The molecule has 0 spiro atoms. The van der Waals surface area contributed by atoms with E-state index in [0.717, 1.165) is 43.4 Å². The number of rotatable bonds is 11. The zero-order valence-electron chi connectivity index (χ0n) is 18.0. The van der Waals surface area contributed by atoms with E-state index in [4.69, 9.17) is 9.47 Å². The number of guanidine groups is 1. The number of aliphatic hydroxyl groups excluding tert-OH is 1. The van der Waals surface area contributed by atoms with Crippen LogP contribution in [-0.4, -0.2) is 49.5 Å². The fraction of sp³-hybridized carbons (Fsp3) is 0.682. The molecule has 0 aromatic heterocycles. The van der Waals surface area contributed by atoms with Gasteiger partial charge in [-0.3, -0.25) is 4.99 Å². The van der Waals surface area contributed by atoms with Crippen LogP contribution in [0.4, 0.5) is 0 Å². The fourth-order valence-corrected chi connectivity index (χ4v) is 3.28. The fourth-order valence-electron chi connectivity index (χ4n) is 3.28. The highest BCUT2D eigenvalue weighted by Gasteiger charge is 2.14. The molecule has 29 heavy (non-hydrogen) atoms. The maximum Gasteiger partial charge on any atom is 0.191 e. The van der Waals surface area contributed by atoms with E-state index in [9.17, 15) is 5.11 Å². The van der Waals surface area contributed by atoms with Crippen molar-refractivity contribution in [1.82, 2.24) is 10.6 Å². The van der Waals surface area contributed by atoms with Gasteiger partial charge in [-0.2, -0.15) is 0 Å². The standard InChI is InChI=1S/C22H37N3O3.HI/c1-4-23-22(24-13-8-14-27-19-10-5-6-11-19)25-16-21(26)18-9-7-12-20(15-18)28-17(2)3;/h7,9,12,15,17,19,21,26H,4-6,8,10-11,13-14,16H2,1-3H3,(H2,23,24,25);1H. The Morgan fingerprint density at radius 3 is 2.69 bits per heavy atom. The molecule has 0 saturated heterocycles. The van der Waals surface area contributed by atoms with Crippen LogP contribution >= 0.6 is 24.0 Å². The van der Waals surface area contributed by atoms with E-state index in [1.165, 1.54) is 25.7 Å². The van der Waals surface area contributed by atoms with Crippen LogP contribution in [0, 0.1) is 0 Å². The Bertz CT molecular complexity index is 592. The molecule has 0 aliphatic heterocycles. The minimum absolute atomic E-state index is 0. The molecule has 1 saturated carbocycles. The van der Waals surface area contributed by atoms with Gasteiger partial charge in [0.1, 0.15) is 5.75 Å². The summed E-state index contributed by atoms with van der Waals surface area (Å²) in [7, 11) is 0. The maximum atomic E-state index is 10.5. The van der Waals surface area contributed by atoms with Gasteiger partial charge in [-0.05, 0) is 57.7 Å². The van der Waals surface area contributed by atoms with Crippen molar-refractivity contribution in [1.29, 1.82) is 0 Å². The lowest BCUT2D eigenvalue weighted by molar-refractivity contribution is 0.0574. The number of benzene rings is 1. The Hall–Kier alpha value is -1.06. The van der Waals surface area contributed by atoms with Crippen molar-refractivity contribution in [3.8, 4) is 5.75 Å². The van der Waals surface area contributed by atoms with Crippen LogP contribution in [0.3, 0.4) is 0 Å². The molecule has 166 valence electrons. The van der Waals surface area contributed by atoms with Crippen LogP contribution in [-0.2, 0) is 4.74 Å². The van der Waals surface area contributed by atoms with Gasteiger partial charge in [0, 0.05) is 19.7 Å². The van der Waals surface area contributed by atoms with E-state index in [1.54, 1.807) is 0 Å². The smallest absolute Gasteiger partial charge is 0.191 e. The van der Waals surface area contributed by atoms with E-state index in [0.29, 0.717) is 12.6 Å². The highest BCUT2D eigenvalue weighted by Crippen LogP contribution is 2.21. The molecule has 1 aliphatic carbocycles. The normalized spacial score (nSPS) is 15.8. The zero-order chi connectivity index (χ0) is 20.2. The molecule has 1 aromatic rings. The first kappa shape index (κ1) is 26.0. The van der Waals surface area contributed by atoms with Crippen molar-refractivity contribution in [3.63, 3.8) is 0 Å². The summed E-state index contributed by atoms with van der Waals surface area (Å²) in [5.41, 5.74) is 0.808. The second-order valence-electron chi connectivity index (χ2n) is 7.53. The number of aliphatic imine (C=N–C) groups is 1. The molecule has 0 amide bonds. The molecule has 3 N–H and O–H groups in total. The molecule has 1 aliphatic rings. The van der Waals surface area contributed by atoms with Crippen molar-refractivity contribution in [2.75, 3.05) is 26.2 Å². The lowest BCUT2D eigenvalue weighted by Gasteiger charge is -2.15. The molecule has 6 nitrogen and oxygen atoms in total. The second kappa shape index (κ2) is 14.8. The highest BCUT2D eigenvalue weighted by atomic mass is 127. The molecular formula is C22H38IN3O3. The van der Waals surface area contributed by atoms with E-state index in [1.807, 2.05) is 45.0 Å². The summed E-state index contributed by atoms with van der Waals surface area (Å²) in [6, 6.07) is 7.57. The first-order valence-electron chi connectivity index (χ1n) is 10.7. The average molecular weight is 519 g/mol. The number of halogens is 1. The summed E-state index contributed by atoms with van der Waals surface area (Å²) in [5.74, 6) is 1.49. The molecule has 1 unspecified atom stereocenters. The number of ether oxygens (including phenoxy) is 2.